The predicted octanol–water partition coefficient (Wildman–Crippen LogP) is 5.02. The largest absolute Gasteiger partial charge is 0.444 e. The number of hydrogen-bond acceptors (Lipinski definition) is 6. The molecule has 2 aromatic carbocycles. The van der Waals surface area contributed by atoms with E-state index in [0.717, 1.165) is 29.5 Å². The number of aryl methyl sites for hydroxylation is 2. The fourth-order valence-corrected chi connectivity index (χ4v) is 4.42. The van der Waals surface area contributed by atoms with E-state index < -0.39 is 23.7 Å². The van der Waals surface area contributed by atoms with Crippen LogP contribution < -0.4 is 15.7 Å². The van der Waals surface area contributed by atoms with E-state index in [-0.39, 0.29) is 12.0 Å². The molecule has 1 aromatic heterocycles. The van der Waals surface area contributed by atoms with Gasteiger partial charge in [0.1, 0.15) is 23.0 Å². The summed E-state index contributed by atoms with van der Waals surface area (Å²) < 4.78 is 16.9. The van der Waals surface area contributed by atoms with Gasteiger partial charge in [0.2, 0.25) is 0 Å². The van der Waals surface area contributed by atoms with E-state index in [9.17, 15) is 14.4 Å². The lowest BCUT2D eigenvalue weighted by molar-refractivity contribution is -0.136. The number of hydrogen-bond donors (Lipinski definition) is 1. The van der Waals surface area contributed by atoms with Gasteiger partial charge in [-0.05, 0) is 82.2 Å². The third-order valence-corrected chi connectivity index (χ3v) is 5.90. The van der Waals surface area contributed by atoms with Crippen molar-refractivity contribution in [2.24, 2.45) is 0 Å². The van der Waals surface area contributed by atoms with E-state index in [1.54, 1.807) is 32.9 Å². The molecule has 0 aliphatic heterocycles. The van der Waals surface area contributed by atoms with Gasteiger partial charge < -0.3 is 19.2 Å². The smallest absolute Gasteiger partial charge is 0.408 e. The average molecular weight is 478 g/mol. The zero-order valence-electron chi connectivity index (χ0n) is 20.6. The van der Waals surface area contributed by atoms with Gasteiger partial charge in [0.25, 0.3) is 0 Å². The highest BCUT2D eigenvalue weighted by Crippen LogP contribution is 2.35. The standard InChI is InChI=1S/C28H31NO6/c1-17-14-22-24(19-12-8-9-13-20(19)25(30)33-22)23(15-17)34-26(31)21(16-18-10-6-5-7-11-18)29-27(32)35-28(2,3)4/h5-7,10-11,14-15,21H,8-9,12-13,16H2,1-4H3,(H,29,32)/t21-/m0/s1. The Balaban J connectivity index is 1.69. The summed E-state index contributed by atoms with van der Waals surface area (Å²) in [4.78, 5) is 38.5. The molecule has 184 valence electrons. The number of rotatable bonds is 5. The third-order valence-electron chi connectivity index (χ3n) is 5.90. The number of carbonyl (C=O) groups is 2. The van der Waals surface area contributed by atoms with Crippen LogP contribution in [0.25, 0.3) is 11.0 Å². The van der Waals surface area contributed by atoms with Crippen molar-refractivity contribution in [2.45, 2.75) is 71.4 Å². The van der Waals surface area contributed by atoms with Crippen LogP contribution in [0.4, 0.5) is 4.79 Å². The number of esters is 1. The van der Waals surface area contributed by atoms with Gasteiger partial charge >= 0.3 is 17.7 Å². The van der Waals surface area contributed by atoms with Crippen LogP contribution in [0.1, 0.15) is 55.9 Å². The van der Waals surface area contributed by atoms with Crippen molar-refractivity contribution in [3.63, 3.8) is 0 Å². The van der Waals surface area contributed by atoms with Crippen LogP contribution in [0.5, 0.6) is 5.75 Å². The van der Waals surface area contributed by atoms with Crippen LogP contribution in [0.2, 0.25) is 0 Å². The summed E-state index contributed by atoms with van der Waals surface area (Å²) >= 11 is 0. The van der Waals surface area contributed by atoms with E-state index in [0.29, 0.717) is 35.1 Å². The second-order valence-corrected chi connectivity index (χ2v) is 10.00. The Hall–Kier alpha value is -3.61. The Bertz CT molecular complexity index is 1300. The second kappa shape index (κ2) is 9.94. The molecule has 0 unspecified atom stereocenters. The van der Waals surface area contributed by atoms with Crippen LogP contribution >= 0.6 is 0 Å². The van der Waals surface area contributed by atoms with Crippen molar-refractivity contribution in [3.8, 4) is 5.75 Å². The normalized spacial score (nSPS) is 14.2. The number of ether oxygens (including phenoxy) is 2. The van der Waals surface area contributed by atoms with Gasteiger partial charge in [0, 0.05) is 12.0 Å². The Morgan fingerprint density at radius 1 is 1.06 bits per heavy atom. The lowest BCUT2D eigenvalue weighted by Gasteiger charge is -2.23. The molecule has 1 aliphatic rings. The first kappa shape index (κ1) is 24.5. The lowest BCUT2D eigenvalue weighted by Crippen LogP contribution is -2.46. The Morgan fingerprint density at radius 3 is 2.43 bits per heavy atom. The minimum Gasteiger partial charge on any atom is -0.444 e. The highest BCUT2D eigenvalue weighted by Gasteiger charge is 2.28. The summed E-state index contributed by atoms with van der Waals surface area (Å²) in [6, 6.07) is 11.9. The van der Waals surface area contributed by atoms with Gasteiger partial charge in [-0.1, -0.05) is 30.3 Å². The molecule has 0 saturated heterocycles. The molecule has 1 amide bonds. The second-order valence-electron chi connectivity index (χ2n) is 10.00. The molecule has 1 aliphatic carbocycles. The number of amides is 1. The molecule has 1 N–H and O–H groups in total. The molecular formula is C28H31NO6. The minimum absolute atomic E-state index is 0.232. The first-order chi connectivity index (χ1) is 16.6. The highest BCUT2D eigenvalue weighted by molar-refractivity contribution is 5.92. The van der Waals surface area contributed by atoms with Gasteiger partial charge in [0.15, 0.2) is 0 Å². The Labute approximate surface area is 204 Å². The highest BCUT2D eigenvalue weighted by atomic mass is 16.6. The van der Waals surface area contributed by atoms with Gasteiger partial charge in [-0.2, -0.15) is 0 Å². The first-order valence-electron chi connectivity index (χ1n) is 11.9. The quantitative estimate of drug-likeness (QED) is 0.315. The van der Waals surface area contributed by atoms with E-state index >= 15 is 0 Å². The average Bonchev–Trinajstić information content (AvgIpc) is 2.78. The number of fused-ring (bicyclic) bond motifs is 3. The van der Waals surface area contributed by atoms with E-state index in [2.05, 4.69) is 5.32 Å². The molecule has 1 atom stereocenters. The number of nitrogens with one attached hydrogen (secondary N) is 1. The number of alkyl carbamates (subject to hydrolysis) is 1. The van der Waals surface area contributed by atoms with Crippen molar-refractivity contribution < 1.29 is 23.5 Å². The molecule has 4 rings (SSSR count). The molecule has 7 nitrogen and oxygen atoms in total. The van der Waals surface area contributed by atoms with Crippen LogP contribution in [-0.4, -0.2) is 23.7 Å². The minimum atomic E-state index is -0.977. The summed E-state index contributed by atoms with van der Waals surface area (Å²) in [7, 11) is 0. The summed E-state index contributed by atoms with van der Waals surface area (Å²) in [5.74, 6) is -0.293. The monoisotopic (exact) mass is 477 g/mol. The molecular weight excluding hydrogens is 446 g/mol. The summed E-state index contributed by atoms with van der Waals surface area (Å²) in [6.45, 7) is 7.11. The zero-order chi connectivity index (χ0) is 25.2. The summed E-state index contributed by atoms with van der Waals surface area (Å²) in [5, 5.41) is 3.31. The van der Waals surface area contributed by atoms with Crippen molar-refractivity contribution in [3.05, 3.63) is 75.1 Å². The van der Waals surface area contributed by atoms with Gasteiger partial charge in [-0.15, -0.1) is 0 Å². The maximum atomic E-state index is 13.4. The van der Waals surface area contributed by atoms with Crippen molar-refractivity contribution in [1.29, 1.82) is 0 Å². The Kier molecular flexibility index (Phi) is 6.96. The van der Waals surface area contributed by atoms with Crippen molar-refractivity contribution in [2.75, 3.05) is 0 Å². The zero-order valence-corrected chi connectivity index (χ0v) is 20.6. The van der Waals surface area contributed by atoms with E-state index in [1.165, 1.54) is 0 Å². The van der Waals surface area contributed by atoms with E-state index in [4.69, 9.17) is 13.9 Å². The maximum absolute atomic E-state index is 13.4. The molecule has 0 spiro atoms. The Morgan fingerprint density at radius 2 is 1.74 bits per heavy atom. The van der Waals surface area contributed by atoms with Gasteiger partial charge in [-0.25, -0.2) is 14.4 Å². The predicted molar refractivity (Wildman–Crippen MR) is 133 cm³/mol. The molecule has 0 saturated carbocycles. The molecule has 0 fully saturated rings. The van der Waals surface area contributed by atoms with Crippen LogP contribution in [0.15, 0.2) is 51.7 Å². The molecule has 35 heavy (non-hydrogen) atoms. The van der Waals surface area contributed by atoms with E-state index in [1.807, 2.05) is 37.3 Å². The van der Waals surface area contributed by atoms with Crippen molar-refractivity contribution in [1.82, 2.24) is 5.32 Å². The van der Waals surface area contributed by atoms with Crippen molar-refractivity contribution >= 4 is 23.0 Å². The maximum Gasteiger partial charge on any atom is 0.408 e. The molecule has 1 heterocycles. The summed E-state index contributed by atoms with van der Waals surface area (Å²) in [5.41, 5.74) is 2.54. The molecule has 7 heteroatoms. The van der Waals surface area contributed by atoms with Crippen LogP contribution in [0.3, 0.4) is 0 Å². The fourth-order valence-electron chi connectivity index (χ4n) is 4.42. The van der Waals surface area contributed by atoms with Crippen LogP contribution in [-0.2, 0) is 28.8 Å². The summed E-state index contributed by atoms with van der Waals surface area (Å²) in [6.07, 6.45) is 2.76. The number of carbonyl (C=O) groups excluding carboxylic acids is 2. The molecule has 0 radical (unpaired) electrons. The van der Waals surface area contributed by atoms with Gasteiger partial charge in [0.05, 0.1) is 5.39 Å². The van der Waals surface area contributed by atoms with Gasteiger partial charge in [-0.3, -0.25) is 0 Å². The topological polar surface area (TPSA) is 94.8 Å². The SMILES string of the molecule is Cc1cc(OC(=O)[C@H](Cc2ccccc2)NC(=O)OC(C)(C)C)c2c3c(c(=O)oc2c1)CCCC3. The lowest BCUT2D eigenvalue weighted by atomic mass is 9.90. The fraction of sp³-hybridized carbons (Fsp3) is 0.393. The first-order valence-corrected chi connectivity index (χ1v) is 11.9. The molecule has 0 bridgehead atoms. The molecule has 3 aromatic rings. The number of benzene rings is 2. The third kappa shape index (κ3) is 5.91. The van der Waals surface area contributed by atoms with Crippen LogP contribution in [0, 0.1) is 6.92 Å².